The Hall–Kier alpha value is -0.530. The minimum absolute atomic E-state index is 0.0307. The fourth-order valence-corrected chi connectivity index (χ4v) is 2.21. The van der Waals surface area contributed by atoms with Crippen molar-refractivity contribution in [2.24, 2.45) is 5.73 Å². The summed E-state index contributed by atoms with van der Waals surface area (Å²) in [6, 6.07) is 5.91. The molecule has 0 aromatic heterocycles. The van der Waals surface area contributed by atoms with Gasteiger partial charge in [-0.25, -0.2) is 0 Å². The lowest BCUT2D eigenvalue weighted by Crippen LogP contribution is -2.35. The summed E-state index contributed by atoms with van der Waals surface area (Å²) >= 11 is 9.46. The average Bonchev–Trinajstić information content (AvgIpc) is 2.38. The van der Waals surface area contributed by atoms with Gasteiger partial charge in [0.15, 0.2) is 0 Å². The number of hydrogen-bond acceptors (Lipinski definition) is 2. The maximum atomic E-state index is 6.09. The molecule has 98 valence electrons. The van der Waals surface area contributed by atoms with E-state index in [1.807, 2.05) is 18.2 Å². The molecular weight excluding hydrogens is 312 g/mol. The Morgan fingerprint density at radius 1 is 1.56 bits per heavy atom. The van der Waals surface area contributed by atoms with Crippen LogP contribution < -0.4 is 11.1 Å². The molecule has 0 aliphatic rings. The Morgan fingerprint density at radius 3 is 2.78 bits per heavy atom. The molecule has 0 fully saturated rings. The van der Waals surface area contributed by atoms with Crippen LogP contribution in [0.1, 0.15) is 31.4 Å². The molecule has 0 spiro atoms. The van der Waals surface area contributed by atoms with Gasteiger partial charge in [-0.15, -0.1) is 6.42 Å². The number of halogens is 2. The highest BCUT2D eigenvalue weighted by atomic mass is 79.9. The second-order valence-corrected chi connectivity index (χ2v) is 5.40. The van der Waals surface area contributed by atoms with E-state index in [1.165, 1.54) is 0 Å². The van der Waals surface area contributed by atoms with E-state index in [2.05, 4.69) is 34.1 Å². The van der Waals surface area contributed by atoms with Crippen molar-refractivity contribution >= 4 is 27.5 Å². The van der Waals surface area contributed by atoms with Gasteiger partial charge in [0.25, 0.3) is 0 Å². The van der Waals surface area contributed by atoms with Crippen LogP contribution in [-0.2, 0) is 0 Å². The summed E-state index contributed by atoms with van der Waals surface area (Å²) in [7, 11) is 0. The molecule has 2 atom stereocenters. The number of nitrogens with one attached hydrogen (secondary N) is 1. The van der Waals surface area contributed by atoms with Crippen molar-refractivity contribution in [2.75, 3.05) is 6.54 Å². The van der Waals surface area contributed by atoms with Gasteiger partial charge in [-0.2, -0.15) is 0 Å². The van der Waals surface area contributed by atoms with Crippen molar-refractivity contribution in [1.82, 2.24) is 5.32 Å². The largest absolute Gasteiger partial charge is 0.329 e. The van der Waals surface area contributed by atoms with E-state index >= 15 is 0 Å². The molecule has 3 N–H and O–H groups in total. The van der Waals surface area contributed by atoms with Crippen LogP contribution in [0.15, 0.2) is 22.7 Å². The lowest BCUT2D eigenvalue weighted by atomic mass is 10.0. The Morgan fingerprint density at radius 2 is 2.28 bits per heavy atom. The van der Waals surface area contributed by atoms with Crippen LogP contribution in [0, 0.1) is 12.3 Å². The zero-order valence-electron chi connectivity index (χ0n) is 10.4. The van der Waals surface area contributed by atoms with E-state index in [0.717, 1.165) is 22.9 Å². The van der Waals surface area contributed by atoms with Gasteiger partial charge >= 0.3 is 0 Å². The van der Waals surface area contributed by atoms with Crippen LogP contribution in [0.5, 0.6) is 0 Å². The van der Waals surface area contributed by atoms with Crippen molar-refractivity contribution in [1.29, 1.82) is 0 Å². The molecule has 0 bridgehead atoms. The van der Waals surface area contributed by atoms with Crippen LogP contribution in [0.4, 0.5) is 0 Å². The van der Waals surface area contributed by atoms with E-state index in [-0.39, 0.29) is 12.1 Å². The first-order valence-corrected chi connectivity index (χ1v) is 7.16. The highest BCUT2D eigenvalue weighted by molar-refractivity contribution is 9.10. The molecule has 2 unspecified atom stereocenters. The summed E-state index contributed by atoms with van der Waals surface area (Å²) in [5, 5.41) is 4.06. The highest BCUT2D eigenvalue weighted by Gasteiger charge is 2.14. The van der Waals surface area contributed by atoms with Crippen LogP contribution in [-0.4, -0.2) is 12.6 Å². The van der Waals surface area contributed by atoms with Gasteiger partial charge in [-0.1, -0.05) is 36.9 Å². The first-order valence-electron chi connectivity index (χ1n) is 5.99. The molecule has 1 aromatic carbocycles. The molecule has 2 nitrogen and oxygen atoms in total. The maximum absolute atomic E-state index is 6.09. The summed E-state index contributed by atoms with van der Waals surface area (Å²) in [6.45, 7) is 2.60. The molecule has 18 heavy (non-hydrogen) atoms. The van der Waals surface area contributed by atoms with Crippen molar-refractivity contribution < 1.29 is 0 Å². The fourth-order valence-electron chi connectivity index (χ4n) is 1.78. The standard InChI is InChI=1S/C14H18BrClN2/c1-3-5-11(4-2)18-14(9-17)10-6-7-12(15)13(16)8-10/h2,6-8,11,14,18H,3,5,9,17H2,1H3. The lowest BCUT2D eigenvalue weighted by molar-refractivity contribution is 0.475. The normalized spacial score (nSPS) is 13.9. The first-order chi connectivity index (χ1) is 8.62. The lowest BCUT2D eigenvalue weighted by Gasteiger charge is -2.22. The number of terminal acetylenes is 1. The zero-order valence-corrected chi connectivity index (χ0v) is 12.8. The van der Waals surface area contributed by atoms with Crippen molar-refractivity contribution in [3.63, 3.8) is 0 Å². The second-order valence-electron chi connectivity index (χ2n) is 4.14. The summed E-state index contributed by atoms with van der Waals surface area (Å²) in [4.78, 5) is 0. The van der Waals surface area contributed by atoms with Crippen LogP contribution in [0.2, 0.25) is 5.02 Å². The summed E-state index contributed by atoms with van der Waals surface area (Å²) in [5.41, 5.74) is 6.86. The van der Waals surface area contributed by atoms with Crippen molar-refractivity contribution in [2.45, 2.75) is 31.8 Å². The van der Waals surface area contributed by atoms with Gasteiger partial charge in [-0.05, 0) is 40.0 Å². The summed E-state index contributed by atoms with van der Waals surface area (Å²) in [6.07, 6.45) is 7.49. The number of rotatable bonds is 6. The number of benzene rings is 1. The van der Waals surface area contributed by atoms with Gasteiger partial charge in [0.1, 0.15) is 0 Å². The summed E-state index contributed by atoms with van der Waals surface area (Å²) < 4.78 is 0.880. The van der Waals surface area contributed by atoms with Crippen LogP contribution in [0.3, 0.4) is 0 Å². The van der Waals surface area contributed by atoms with E-state index in [4.69, 9.17) is 23.8 Å². The minimum atomic E-state index is 0.0307. The smallest absolute Gasteiger partial charge is 0.0692 e. The quantitative estimate of drug-likeness (QED) is 0.784. The predicted molar refractivity (Wildman–Crippen MR) is 81.6 cm³/mol. The van der Waals surface area contributed by atoms with Crippen molar-refractivity contribution in [3.8, 4) is 12.3 Å². The number of nitrogens with two attached hydrogens (primary N) is 1. The van der Waals surface area contributed by atoms with Gasteiger partial charge in [0, 0.05) is 17.1 Å². The van der Waals surface area contributed by atoms with Crippen LogP contribution in [0.25, 0.3) is 0 Å². The third-order valence-electron chi connectivity index (χ3n) is 2.76. The van der Waals surface area contributed by atoms with Crippen molar-refractivity contribution in [3.05, 3.63) is 33.3 Å². The first kappa shape index (κ1) is 15.5. The van der Waals surface area contributed by atoms with E-state index < -0.39 is 0 Å². The second kappa shape index (κ2) is 7.81. The predicted octanol–water partition coefficient (Wildman–Crippen LogP) is 3.49. The van der Waals surface area contributed by atoms with Crippen LogP contribution >= 0.6 is 27.5 Å². The Labute approximate surface area is 122 Å². The van der Waals surface area contributed by atoms with E-state index in [9.17, 15) is 0 Å². The number of hydrogen-bond donors (Lipinski definition) is 2. The van der Waals surface area contributed by atoms with Gasteiger partial charge in [0.05, 0.1) is 11.1 Å². The molecule has 0 saturated heterocycles. The molecular formula is C14H18BrClN2. The average molecular weight is 330 g/mol. The highest BCUT2D eigenvalue weighted by Crippen LogP contribution is 2.26. The SMILES string of the molecule is C#CC(CCC)NC(CN)c1ccc(Br)c(Cl)c1. The fraction of sp³-hybridized carbons (Fsp3) is 0.429. The van der Waals surface area contributed by atoms with E-state index in [0.29, 0.717) is 11.6 Å². The molecule has 0 aliphatic heterocycles. The third-order valence-corrected chi connectivity index (χ3v) is 4.00. The molecule has 1 aromatic rings. The Kier molecular flexibility index (Phi) is 6.73. The zero-order chi connectivity index (χ0) is 13.5. The molecule has 0 radical (unpaired) electrons. The molecule has 0 heterocycles. The van der Waals surface area contributed by atoms with E-state index in [1.54, 1.807) is 0 Å². The molecule has 1 rings (SSSR count). The Balaban J connectivity index is 2.82. The third kappa shape index (κ3) is 4.29. The molecule has 4 heteroatoms. The monoisotopic (exact) mass is 328 g/mol. The Bertz CT molecular complexity index is 428. The summed E-state index contributed by atoms with van der Waals surface area (Å²) in [5.74, 6) is 2.75. The van der Waals surface area contributed by atoms with Gasteiger partial charge in [-0.3, -0.25) is 5.32 Å². The van der Waals surface area contributed by atoms with Gasteiger partial charge in [0.2, 0.25) is 0 Å². The van der Waals surface area contributed by atoms with Gasteiger partial charge < -0.3 is 5.73 Å². The maximum Gasteiger partial charge on any atom is 0.0692 e. The molecule has 0 saturated carbocycles. The molecule has 0 aliphatic carbocycles. The topological polar surface area (TPSA) is 38.0 Å². The minimum Gasteiger partial charge on any atom is -0.329 e. The molecule has 0 amide bonds.